The van der Waals surface area contributed by atoms with Crippen LogP contribution in [0.1, 0.15) is 60.8 Å². The number of H-pyrrole nitrogens is 1. The summed E-state index contributed by atoms with van der Waals surface area (Å²) in [7, 11) is 1.89. The minimum Gasteiger partial charge on any atom is -0.320 e. The van der Waals surface area contributed by atoms with Crippen molar-refractivity contribution in [1.29, 1.82) is 0 Å². The average molecular weight is 345 g/mol. The number of hydrogen-bond donors (Lipinski definition) is 2. The maximum Gasteiger partial charge on any atom is 0.290 e. The van der Waals surface area contributed by atoms with Gasteiger partial charge in [-0.25, -0.2) is 4.68 Å². The number of amides is 1. The van der Waals surface area contributed by atoms with Gasteiger partial charge < -0.3 is 5.32 Å². The van der Waals surface area contributed by atoms with Crippen LogP contribution in [-0.4, -0.2) is 25.5 Å². The summed E-state index contributed by atoms with van der Waals surface area (Å²) in [6.07, 6.45) is 5.81. The summed E-state index contributed by atoms with van der Waals surface area (Å²) in [6, 6.07) is 0.231. The fourth-order valence-corrected chi connectivity index (χ4v) is 3.79. The van der Waals surface area contributed by atoms with Gasteiger partial charge in [-0.15, -0.1) is 0 Å². The Hall–Kier alpha value is -2.31. The molecule has 136 valence electrons. The van der Waals surface area contributed by atoms with Gasteiger partial charge in [-0.1, -0.05) is 19.3 Å². The molecule has 25 heavy (non-hydrogen) atoms. The first-order chi connectivity index (χ1) is 11.9. The Morgan fingerprint density at radius 3 is 2.52 bits per heavy atom. The first kappa shape index (κ1) is 17.5. The number of nitrogens with zero attached hydrogens (tertiary/aromatic N) is 3. The number of carbonyl (C=O) groups is 1. The van der Waals surface area contributed by atoms with Gasteiger partial charge in [-0.2, -0.15) is 5.10 Å². The molecule has 2 heterocycles. The monoisotopic (exact) mass is 345 g/mol. The molecule has 1 saturated carbocycles. The summed E-state index contributed by atoms with van der Waals surface area (Å²) >= 11 is 0. The largest absolute Gasteiger partial charge is 0.320 e. The highest BCUT2D eigenvalue weighted by atomic mass is 16.2. The van der Waals surface area contributed by atoms with Gasteiger partial charge in [0, 0.05) is 18.3 Å². The second-order valence-electron chi connectivity index (χ2n) is 7.06. The summed E-state index contributed by atoms with van der Waals surface area (Å²) in [6.45, 7) is 5.65. The van der Waals surface area contributed by atoms with Crippen molar-refractivity contribution < 1.29 is 4.79 Å². The number of aromatic amines is 1. The lowest BCUT2D eigenvalue weighted by Crippen LogP contribution is -2.29. The molecule has 2 aromatic rings. The molecule has 1 aliphatic carbocycles. The molecule has 0 spiro atoms. The standard InChI is InChI=1S/C18H27N5O2/c1-11-15(12(2)21-20-11)10-16(24)19-17-13(3)22(4)23(18(17)25)14-8-6-5-7-9-14/h14H,5-10H2,1-4H3,(H,19,24)(H,20,21). The predicted octanol–water partition coefficient (Wildman–Crippen LogP) is 2.52. The first-order valence-corrected chi connectivity index (χ1v) is 8.98. The van der Waals surface area contributed by atoms with E-state index < -0.39 is 0 Å². The number of aromatic nitrogens is 4. The molecule has 7 heteroatoms. The van der Waals surface area contributed by atoms with Crippen molar-refractivity contribution in [3.05, 3.63) is 33.0 Å². The lowest BCUT2D eigenvalue weighted by molar-refractivity contribution is -0.115. The number of carbonyl (C=O) groups excluding carboxylic acids is 1. The summed E-state index contributed by atoms with van der Waals surface area (Å²) in [5, 5.41) is 9.84. The van der Waals surface area contributed by atoms with Crippen molar-refractivity contribution in [3.8, 4) is 0 Å². The van der Waals surface area contributed by atoms with Gasteiger partial charge in [-0.3, -0.25) is 19.4 Å². The first-order valence-electron chi connectivity index (χ1n) is 8.98. The molecule has 1 aliphatic rings. The second-order valence-corrected chi connectivity index (χ2v) is 7.06. The minimum atomic E-state index is -0.186. The SMILES string of the molecule is Cc1n[nH]c(C)c1CC(=O)Nc1c(C)n(C)n(C2CCCCC2)c1=O. The van der Waals surface area contributed by atoms with Crippen LogP contribution >= 0.6 is 0 Å². The molecule has 1 fully saturated rings. The highest BCUT2D eigenvalue weighted by Crippen LogP contribution is 2.28. The molecular formula is C18H27N5O2. The van der Waals surface area contributed by atoms with Gasteiger partial charge in [0.15, 0.2) is 0 Å². The van der Waals surface area contributed by atoms with Crippen molar-refractivity contribution >= 4 is 11.6 Å². The Kier molecular flexibility index (Phi) is 4.83. The minimum absolute atomic E-state index is 0.0964. The third-order valence-corrected chi connectivity index (χ3v) is 5.40. The predicted molar refractivity (Wildman–Crippen MR) is 96.9 cm³/mol. The van der Waals surface area contributed by atoms with Crippen LogP contribution < -0.4 is 10.9 Å². The van der Waals surface area contributed by atoms with Crippen molar-refractivity contribution in [2.75, 3.05) is 5.32 Å². The zero-order chi connectivity index (χ0) is 18.1. The average Bonchev–Trinajstić information content (AvgIpc) is 3.01. The summed E-state index contributed by atoms with van der Waals surface area (Å²) in [4.78, 5) is 25.4. The second kappa shape index (κ2) is 6.90. The van der Waals surface area contributed by atoms with E-state index in [0.29, 0.717) is 5.69 Å². The topological polar surface area (TPSA) is 84.7 Å². The molecule has 3 rings (SSSR count). The van der Waals surface area contributed by atoms with Gasteiger partial charge in [0.1, 0.15) is 5.69 Å². The third kappa shape index (κ3) is 3.27. The number of nitrogens with one attached hydrogen (secondary N) is 2. The number of hydrogen-bond acceptors (Lipinski definition) is 3. The fraction of sp³-hybridized carbons (Fsp3) is 0.611. The van der Waals surface area contributed by atoms with Crippen LogP contribution in [0.3, 0.4) is 0 Å². The number of rotatable bonds is 4. The van der Waals surface area contributed by atoms with Gasteiger partial charge in [-0.05, 0) is 33.6 Å². The maximum absolute atomic E-state index is 12.9. The summed E-state index contributed by atoms with van der Waals surface area (Å²) in [5.74, 6) is -0.186. The number of anilines is 1. The highest BCUT2D eigenvalue weighted by molar-refractivity contribution is 5.92. The maximum atomic E-state index is 12.9. The summed E-state index contributed by atoms with van der Waals surface area (Å²) in [5.41, 5.74) is 3.69. The van der Waals surface area contributed by atoms with E-state index in [1.807, 2.05) is 37.2 Å². The molecule has 0 bridgehead atoms. The Labute approximate surface area is 147 Å². The molecule has 0 aromatic carbocycles. The molecule has 0 radical (unpaired) electrons. The van der Waals surface area contributed by atoms with E-state index in [2.05, 4.69) is 15.5 Å². The van der Waals surface area contributed by atoms with Crippen molar-refractivity contribution in [2.24, 2.45) is 7.05 Å². The normalized spacial score (nSPS) is 15.5. The lowest BCUT2D eigenvalue weighted by atomic mass is 9.96. The van der Waals surface area contributed by atoms with Crippen LogP contribution in [0.25, 0.3) is 0 Å². The summed E-state index contributed by atoms with van der Waals surface area (Å²) < 4.78 is 3.71. The molecule has 0 atom stereocenters. The van der Waals surface area contributed by atoms with Crippen molar-refractivity contribution in [2.45, 2.75) is 65.3 Å². The van der Waals surface area contributed by atoms with E-state index in [-0.39, 0.29) is 23.9 Å². The van der Waals surface area contributed by atoms with E-state index in [4.69, 9.17) is 0 Å². The Morgan fingerprint density at radius 1 is 1.24 bits per heavy atom. The van der Waals surface area contributed by atoms with E-state index in [9.17, 15) is 9.59 Å². The Bertz CT molecular complexity index is 817. The lowest BCUT2D eigenvalue weighted by Gasteiger charge is -2.24. The van der Waals surface area contributed by atoms with Crippen LogP contribution in [0, 0.1) is 20.8 Å². The van der Waals surface area contributed by atoms with Crippen LogP contribution in [0.15, 0.2) is 4.79 Å². The van der Waals surface area contributed by atoms with Gasteiger partial charge >= 0.3 is 0 Å². The smallest absolute Gasteiger partial charge is 0.290 e. The molecule has 7 nitrogen and oxygen atoms in total. The quantitative estimate of drug-likeness (QED) is 0.893. The zero-order valence-corrected chi connectivity index (χ0v) is 15.5. The Balaban J connectivity index is 1.83. The van der Waals surface area contributed by atoms with Crippen LogP contribution in [0.2, 0.25) is 0 Å². The van der Waals surface area contributed by atoms with Crippen molar-refractivity contribution in [3.63, 3.8) is 0 Å². The number of aryl methyl sites for hydroxylation is 2. The van der Waals surface area contributed by atoms with Gasteiger partial charge in [0.05, 0.1) is 23.9 Å². The van der Waals surface area contributed by atoms with Gasteiger partial charge in [0.2, 0.25) is 5.91 Å². The Morgan fingerprint density at radius 2 is 1.92 bits per heavy atom. The van der Waals surface area contributed by atoms with Crippen LogP contribution in [0.5, 0.6) is 0 Å². The highest BCUT2D eigenvalue weighted by Gasteiger charge is 2.24. The molecule has 0 unspecified atom stereocenters. The van der Waals surface area contributed by atoms with Crippen LogP contribution in [0.4, 0.5) is 5.69 Å². The van der Waals surface area contributed by atoms with Crippen molar-refractivity contribution in [1.82, 2.24) is 19.6 Å². The van der Waals surface area contributed by atoms with Crippen LogP contribution in [-0.2, 0) is 18.3 Å². The van der Waals surface area contributed by atoms with E-state index in [1.54, 1.807) is 0 Å². The molecule has 0 saturated heterocycles. The van der Waals surface area contributed by atoms with Gasteiger partial charge in [0.25, 0.3) is 5.56 Å². The molecule has 0 aliphatic heterocycles. The molecular weight excluding hydrogens is 318 g/mol. The third-order valence-electron chi connectivity index (χ3n) is 5.40. The molecule has 2 aromatic heterocycles. The van der Waals surface area contributed by atoms with E-state index in [0.717, 1.165) is 48.3 Å². The molecule has 2 N–H and O–H groups in total. The van der Waals surface area contributed by atoms with E-state index >= 15 is 0 Å². The fourth-order valence-electron chi connectivity index (χ4n) is 3.79. The molecule has 1 amide bonds. The van der Waals surface area contributed by atoms with E-state index in [1.165, 1.54) is 6.42 Å². The zero-order valence-electron chi connectivity index (χ0n) is 15.5.